The van der Waals surface area contributed by atoms with Crippen LogP contribution >= 0.6 is 23.7 Å². The molecule has 3 aliphatic heterocycles. The normalized spacial score (nSPS) is 26.5. The van der Waals surface area contributed by atoms with Crippen LogP contribution in [0.1, 0.15) is 18.9 Å². The number of rotatable bonds is 1. The Morgan fingerprint density at radius 2 is 1.83 bits per heavy atom. The fourth-order valence-electron chi connectivity index (χ4n) is 4.26. The highest BCUT2D eigenvalue weighted by Crippen LogP contribution is 2.36. The second-order valence-corrected chi connectivity index (χ2v) is 7.65. The Hall–Kier alpha value is -1.36. The molecule has 23 heavy (non-hydrogen) atoms. The first-order valence-corrected chi connectivity index (χ1v) is 8.87. The third-order valence-corrected chi connectivity index (χ3v) is 6.57. The van der Waals surface area contributed by atoms with Gasteiger partial charge in [-0.3, -0.25) is 4.79 Å². The minimum absolute atomic E-state index is 0. The summed E-state index contributed by atoms with van der Waals surface area (Å²) in [5, 5.41) is 2.03. The standard InChI is InChI=1S/C18H18N2OS.ClH/c21-18-17-13-3-1-2-4-15(13)22-16(17)7-10-20(18)14-11-19-8-5-12(14)6-9-19;/h1-4,7,10,12,14H,5-6,8-9,11H2;1H. The van der Waals surface area contributed by atoms with Crippen LogP contribution in [-0.4, -0.2) is 29.1 Å². The Morgan fingerprint density at radius 1 is 1.04 bits per heavy atom. The molecule has 0 radical (unpaired) electrons. The number of fused-ring (bicyclic) bond motifs is 6. The van der Waals surface area contributed by atoms with Gasteiger partial charge in [-0.2, -0.15) is 0 Å². The van der Waals surface area contributed by atoms with E-state index in [1.807, 2.05) is 22.9 Å². The van der Waals surface area contributed by atoms with Crippen molar-refractivity contribution in [1.82, 2.24) is 9.47 Å². The van der Waals surface area contributed by atoms with E-state index in [-0.39, 0.29) is 18.0 Å². The van der Waals surface area contributed by atoms with Gasteiger partial charge in [-0.05, 0) is 44.0 Å². The highest BCUT2D eigenvalue weighted by atomic mass is 35.5. The molecule has 0 N–H and O–H groups in total. The molecule has 3 aromatic rings. The highest BCUT2D eigenvalue weighted by Gasteiger charge is 2.35. The summed E-state index contributed by atoms with van der Waals surface area (Å²) >= 11 is 1.72. The van der Waals surface area contributed by atoms with Crippen molar-refractivity contribution in [3.05, 3.63) is 46.9 Å². The van der Waals surface area contributed by atoms with Crippen LogP contribution in [0.3, 0.4) is 0 Å². The van der Waals surface area contributed by atoms with Gasteiger partial charge in [0.1, 0.15) is 0 Å². The van der Waals surface area contributed by atoms with E-state index >= 15 is 0 Å². The van der Waals surface area contributed by atoms with Crippen molar-refractivity contribution in [2.75, 3.05) is 19.6 Å². The van der Waals surface area contributed by atoms with Gasteiger partial charge in [0, 0.05) is 27.5 Å². The van der Waals surface area contributed by atoms with E-state index in [1.165, 1.54) is 30.6 Å². The van der Waals surface area contributed by atoms with Crippen LogP contribution in [0.4, 0.5) is 0 Å². The maximum atomic E-state index is 13.1. The predicted molar refractivity (Wildman–Crippen MR) is 99.0 cm³/mol. The first-order chi connectivity index (χ1) is 10.8. The number of benzene rings is 1. The van der Waals surface area contributed by atoms with Gasteiger partial charge in [-0.15, -0.1) is 23.7 Å². The number of hydrogen-bond donors (Lipinski definition) is 0. The number of hydrogen-bond acceptors (Lipinski definition) is 3. The van der Waals surface area contributed by atoms with Gasteiger partial charge in [0.2, 0.25) is 0 Å². The minimum Gasteiger partial charge on any atom is -0.310 e. The summed E-state index contributed by atoms with van der Waals surface area (Å²) < 4.78 is 4.35. The monoisotopic (exact) mass is 346 g/mol. The van der Waals surface area contributed by atoms with E-state index in [1.54, 1.807) is 11.3 Å². The van der Waals surface area contributed by atoms with Crippen LogP contribution in [0.5, 0.6) is 0 Å². The van der Waals surface area contributed by atoms with Crippen LogP contribution in [0.2, 0.25) is 0 Å². The van der Waals surface area contributed by atoms with Crippen molar-refractivity contribution in [3.63, 3.8) is 0 Å². The molecule has 6 rings (SSSR count). The minimum atomic E-state index is 0. The lowest BCUT2D eigenvalue weighted by molar-refractivity contribution is 0.0557. The Balaban J connectivity index is 0.00000135. The third kappa shape index (κ3) is 2.24. The molecule has 3 fully saturated rings. The molecule has 120 valence electrons. The quantitative estimate of drug-likeness (QED) is 0.667. The van der Waals surface area contributed by atoms with Crippen molar-refractivity contribution in [1.29, 1.82) is 0 Å². The molecule has 1 unspecified atom stereocenters. The Kier molecular flexibility index (Phi) is 3.71. The van der Waals surface area contributed by atoms with Gasteiger partial charge in [0.15, 0.2) is 0 Å². The molecule has 3 aliphatic rings. The molecule has 1 aromatic carbocycles. The Bertz CT molecular complexity index is 924. The first-order valence-electron chi connectivity index (χ1n) is 8.06. The number of aromatic nitrogens is 1. The van der Waals surface area contributed by atoms with Crippen LogP contribution in [0.15, 0.2) is 41.3 Å². The predicted octanol–water partition coefficient (Wildman–Crippen LogP) is 3.90. The molecule has 1 atom stereocenters. The average molecular weight is 347 g/mol. The number of nitrogens with zero attached hydrogens (tertiary/aromatic N) is 2. The number of halogens is 1. The fraction of sp³-hybridized carbons (Fsp3) is 0.389. The third-order valence-electron chi connectivity index (χ3n) is 5.44. The fourth-order valence-corrected chi connectivity index (χ4v) is 5.35. The maximum absolute atomic E-state index is 13.1. The van der Waals surface area contributed by atoms with Gasteiger partial charge in [-0.1, -0.05) is 18.2 Å². The molecule has 2 aromatic heterocycles. The van der Waals surface area contributed by atoms with E-state index in [0.717, 1.165) is 22.0 Å². The molecule has 0 saturated carbocycles. The topological polar surface area (TPSA) is 25.2 Å². The highest BCUT2D eigenvalue weighted by molar-refractivity contribution is 7.25. The van der Waals surface area contributed by atoms with Crippen molar-refractivity contribution in [2.45, 2.75) is 18.9 Å². The van der Waals surface area contributed by atoms with Gasteiger partial charge >= 0.3 is 0 Å². The molecule has 3 saturated heterocycles. The average Bonchev–Trinajstić information content (AvgIpc) is 2.95. The zero-order chi connectivity index (χ0) is 14.7. The van der Waals surface area contributed by atoms with Gasteiger partial charge in [0.25, 0.3) is 5.56 Å². The van der Waals surface area contributed by atoms with E-state index < -0.39 is 0 Å². The molecule has 0 spiro atoms. The van der Waals surface area contributed by atoms with Crippen molar-refractivity contribution in [2.24, 2.45) is 5.92 Å². The van der Waals surface area contributed by atoms with Crippen molar-refractivity contribution in [3.8, 4) is 0 Å². The molecule has 2 bridgehead atoms. The van der Waals surface area contributed by atoms with Crippen molar-refractivity contribution < 1.29 is 0 Å². The van der Waals surface area contributed by atoms with Crippen LogP contribution < -0.4 is 5.56 Å². The van der Waals surface area contributed by atoms with E-state index in [4.69, 9.17) is 0 Å². The van der Waals surface area contributed by atoms with Gasteiger partial charge in [-0.25, -0.2) is 0 Å². The molecule has 5 heteroatoms. The Morgan fingerprint density at radius 3 is 2.57 bits per heavy atom. The van der Waals surface area contributed by atoms with Crippen LogP contribution in [0.25, 0.3) is 20.2 Å². The molecular weight excluding hydrogens is 328 g/mol. The lowest BCUT2D eigenvalue weighted by Gasteiger charge is -2.45. The smallest absolute Gasteiger partial charge is 0.260 e. The number of thiophene rings is 1. The Labute approximate surface area is 144 Å². The van der Waals surface area contributed by atoms with Gasteiger partial charge in [0.05, 0.1) is 11.4 Å². The van der Waals surface area contributed by atoms with E-state index in [2.05, 4.69) is 23.1 Å². The zero-order valence-electron chi connectivity index (χ0n) is 12.8. The van der Waals surface area contributed by atoms with Crippen LogP contribution in [-0.2, 0) is 0 Å². The van der Waals surface area contributed by atoms with Gasteiger partial charge < -0.3 is 9.47 Å². The first kappa shape index (κ1) is 15.2. The number of pyridine rings is 1. The summed E-state index contributed by atoms with van der Waals surface area (Å²) in [6.45, 7) is 3.46. The summed E-state index contributed by atoms with van der Waals surface area (Å²) in [4.78, 5) is 15.6. The number of piperidine rings is 3. The summed E-state index contributed by atoms with van der Waals surface area (Å²) in [6.07, 6.45) is 4.51. The maximum Gasteiger partial charge on any atom is 0.260 e. The van der Waals surface area contributed by atoms with Crippen molar-refractivity contribution >= 4 is 43.9 Å². The summed E-state index contributed by atoms with van der Waals surface area (Å²) in [6, 6.07) is 10.8. The molecule has 0 aliphatic carbocycles. The lowest BCUT2D eigenvalue weighted by atomic mass is 9.84. The lowest BCUT2D eigenvalue weighted by Crippen LogP contribution is -2.49. The molecule has 3 nitrogen and oxygen atoms in total. The SMILES string of the molecule is Cl.O=c1c2c(ccn1C1CN3CCC1CC3)sc1ccccc12. The van der Waals surface area contributed by atoms with E-state index in [0.29, 0.717) is 12.0 Å². The summed E-state index contributed by atoms with van der Waals surface area (Å²) in [5.74, 6) is 0.671. The summed E-state index contributed by atoms with van der Waals surface area (Å²) in [5.41, 5.74) is 0.202. The molecular formula is C18H19ClN2OS. The zero-order valence-corrected chi connectivity index (χ0v) is 14.4. The largest absolute Gasteiger partial charge is 0.310 e. The van der Waals surface area contributed by atoms with Crippen LogP contribution in [0, 0.1) is 5.92 Å². The van der Waals surface area contributed by atoms with E-state index in [9.17, 15) is 4.79 Å². The second-order valence-electron chi connectivity index (χ2n) is 6.57. The molecule has 0 amide bonds. The second kappa shape index (κ2) is 5.62. The summed E-state index contributed by atoms with van der Waals surface area (Å²) in [7, 11) is 0. The molecule has 5 heterocycles.